The molecule has 1 aromatic carbocycles. The van der Waals surface area contributed by atoms with Gasteiger partial charge >= 0.3 is 0 Å². The summed E-state index contributed by atoms with van der Waals surface area (Å²) in [4.78, 5) is 12.1. The molecule has 0 aliphatic rings. The molecule has 0 unspecified atom stereocenters. The third-order valence-electron chi connectivity index (χ3n) is 3.02. The number of aromatic nitrogens is 1. The van der Waals surface area contributed by atoms with Crippen molar-refractivity contribution in [2.75, 3.05) is 0 Å². The summed E-state index contributed by atoms with van der Waals surface area (Å²) in [5.74, 6) is 0.143. The number of hydrogen-bond donors (Lipinski definition) is 0. The van der Waals surface area contributed by atoms with Gasteiger partial charge < -0.3 is 0 Å². The van der Waals surface area contributed by atoms with Crippen LogP contribution in [-0.2, 0) is 6.54 Å². The van der Waals surface area contributed by atoms with E-state index in [0.29, 0.717) is 6.54 Å². The molecule has 0 saturated heterocycles. The lowest BCUT2D eigenvalue weighted by Gasteiger charge is -2.02. The van der Waals surface area contributed by atoms with Gasteiger partial charge in [-0.1, -0.05) is 30.3 Å². The maximum atomic E-state index is 12.1. The summed E-state index contributed by atoms with van der Waals surface area (Å²) in [6.45, 7) is 4.49. The first-order chi connectivity index (χ1) is 8.18. The highest BCUT2D eigenvalue weighted by atomic mass is 79.9. The van der Waals surface area contributed by atoms with E-state index in [-0.39, 0.29) is 22.8 Å². The van der Waals surface area contributed by atoms with E-state index < -0.39 is 0 Å². The summed E-state index contributed by atoms with van der Waals surface area (Å²) in [6.07, 6.45) is 1.95. The van der Waals surface area contributed by atoms with Gasteiger partial charge in [0.25, 0.3) is 0 Å². The molecule has 0 amide bonds. The smallest absolute Gasteiger partial charge is 0.227 e. The molecule has 1 aromatic heterocycles. The molecule has 0 bridgehead atoms. The van der Waals surface area contributed by atoms with Gasteiger partial charge in [0.1, 0.15) is 0 Å². The van der Waals surface area contributed by atoms with Gasteiger partial charge in [-0.15, -0.1) is 17.0 Å². The Hall–Kier alpha value is -1.48. The molecular weight excluding hydrogens is 290 g/mol. The molecule has 3 heteroatoms. The Morgan fingerprint density at radius 1 is 1.06 bits per heavy atom. The Morgan fingerprint density at radius 2 is 1.72 bits per heavy atom. The molecule has 0 aliphatic heterocycles. The second-order valence-corrected chi connectivity index (χ2v) is 4.19. The minimum atomic E-state index is 0. The van der Waals surface area contributed by atoms with Gasteiger partial charge in [0.2, 0.25) is 12.3 Å². The third-order valence-corrected chi connectivity index (χ3v) is 3.02. The van der Waals surface area contributed by atoms with Crippen molar-refractivity contribution in [3.05, 3.63) is 65.5 Å². The van der Waals surface area contributed by atoms with E-state index in [1.807, 2.05) is 54.1 Å². The number of pyridine rings is 1. The van der Waals surface area contributed by atoms with E-state index in [1.54, 1.807) is 0 Å². The quantitative estimate of drug-likeness (QED) is 0.631. The Kier molecular flexibility index (Phi) is 5.23. The molecule has 0 atom stereocenters. The number of Topliss-reactive ketones (excluding diaryl/α,β-unsaturated/α-hetero) is 1. The number of benzene rings is 1. The average molecular weight is 307 g/mol. The fourth-order valence-electron chi connectivity index (χ4n) is 1.79. The first-order valence-electron chi connectivity index (χ1n) is 5.72. The molecular formula is C15H17BrNO+. The normalized spacial score (nSPS) is 9.67. The first kappa shape index (κ1) is 14.6. The summed E-state index contributed by atoms with van der Waals surface area (Å²) >= 11 is 0. The van der Waals surface area contributed by atoms with Crippen LogP contribution in [0.15, 0.2) is 48.7 Å². The van der Waals surface area contributed by atoms with Crippen LogP contribution >= 0.6 is 17.0 Å². The van der Waals surface area contributed by atoms with E-state index >= 15 is 0 Å². The van der Waals surface area contributed by atoms with Crippen molar-refractivity contribution in [2.24, 2.45) is 0 Å². The molecule has 0 fully saturated rings. The highest BCUT2D eigenvalue weighted by Gasteiger charge is 2.14. The van der Waals surface area contributed by atoms with Gasteiger partial charge in [-0.2, -0.15) is 4.57 Å². The number of halogens is 1. The maximum absolute atomic E-state index is 12.1. The predicted molar refractivity (Wildman–Crippen MR) is 77.2 cm³/mol. The Balaban J connectivity index is 0.00000162. The van der Waals surface area contributed by atoms with Crippen molar-refractivity contribution in [1.82, 2.24) is 0 Å². The van der Waals surface area contributed by atoms with Crippen LogP contribution in [0.3, 0.4) is 0 Å². The van der Waals surface area contributed by atoms with Crippen molar-refractivity contribution in [3.8, 4) is 0 Å². The minimum absolute atomic E-state index is 0. The van der Waals surface area contributed by atoms with Crippen LogP contribution in [0.1, 0.15) is 21.6 Å². The lowest BCUT2D eigenvalue weighted by atomic mass is 10.1. The minimum Gasteiger partial charge on any atom is -0.287 e. The number of nitrogens with zero attached hydrogens (tertiary/aromatic N) is 1. The Morgan fingerprint density at radius 3 is 2.39 bits per heavy atom. The molecule has 0 N–H and O–H groups in total. The van der Waals surface area contributed by atoms with Gasteiger partial charge in [0.15, 0.2) is 11.9 Å². The van der Waals surface area contributed by atoms with E-state index in [9.17, 15) is 4.79 Å². The van der Waals surface area contributed by atoms with E-state index in [1.165, 1.54) is 5.56 Å². The fraction of sp³-hybridized carbons (Fsp3) is 0.200. The monoisotopic (exact) mass is 306 g/mol. The summed E-state index contributed by atoms with van der Waals surface area (Å²) in [5.41, 5.74) is 3.10. The number of carbonyl (C=O) groups is 1. The molecule has 2 nitrogen and oxygen atoms in total. The van der Waals surface area contributed by atoms with Gasteiger partial charge in [0.05, 0.1) is 0 Å². The molecule has 0 saturated carbocycles. The third kappa shape index (κ3) is 3.26. The molecule has 94 valence electrons. The number of rotatable bonds is 3. The zero-order valence-corrected chi connectivity index (χ0v) is 12.3. The van der Waals surface area contributed by atoms with Crippen LogP contribution in [0.2, 0.25) is 0 Å². The summed E-state index contributed by atoms with van der Waals surface area (Å²) in [7, 11) is 0. The molecule has 2 rings (SSSR count). The van der Waals surface area contributed by atoms with Crippen molar-refractivity contribution in [3.63, 3.8) is 0 Å². The van der Waals surface area contributed by atoms with Crippen LogP contribution in [0.5, 0.6) is 0 Å². The summed E-state index contributed by atoms with van der Waals surface area (Å²) < 4.78 is 1.99. The Labute approximate surface area is 118 Å². The number of hydrogen-bond acceptors (Lipinski definition) is 1. The van der Waals surface area contributed by atoms with Crippen LogP contribution in [0.4, 0.5) is 0 Å². The van der Waals surface area contributed by atoms with E-state index in [2.05, 4.69) is 13.0 Å². The highest BCUT2D eigenvalue weighted by molar-refractivity contribution is 8.93. The number of carbonyl (C=O) groups excluding carboxylic acids is 1. The van der Waals surface area contributed by atoms with Gasteiger partial charge in [-0.25, -0.2) is 0 Å². The summed E-state index contributed by atoms with van der Waals surface area (Å²) in [5, 5.41) is 0. The highest BCUT2D eigenvalue weighted by Crippen LogP contribution is 2.02. The zero-order chi connectivity index (χ0) is 12.3. The van der Waals surface area contributed by atoms with Crippen LogP contribution in [0.25, 0.3) is 0 Å². The average Bonchev–Trinajstić information content (AvgIpc) is 2.36. The number of aryl methyl sites for hydroxylation is 1. The SMILES string of the molecule is Br.Cc1ccc[n+](CC(=O)c2ccccc2)c1C. The first-order valence-corrected chi connectivity index (χ1v) is 5.72. The zero-order valence-electron chi connectivity index (χ0n) is 10.6. The van der Waals surface area contributed by atoms with Gasteiger partial charge in [0, 0.05) is 24.1 Å². The largest absolute Gasteiger partial charge is 0.287 e. The van der Waals surface area contributed by atoms with Crippen molar-refractivity contribution in [1.29, 1.82) is 0 Å². The van der Waals surface area contributed by atoms with Crippen LogP contribution in [-0.4, -0.2) is 5.78 Å². The van der Waals surface area contributed by atoms with E-state index in [4.69, 9.17) is 0 Å². The van der Waals surface area contributed by atoms with Gasteiger partial charge in [-0.05, 0) is 13.0 Å². The van der Waals surface area contributed by atoms with E-state index in [0.717, 1.165) is 11.3 Å². The standard InChI is InChI=1S/C15H16NO.BrH/c1-12-7-6-10-16(13(12)2)11-15(17)14-8-4-3-5-9-14;/h3-10H,11H2,1-2H3;1H/q+1;. The van der Waals surface area contributed by atoms with Crippen LogP contribution in [0, 0.1) is 13.8 Å². The molecule has 0 aliphatic carbocycles. The second kappa shape index (κ2) is 6.45. The van der Waals surface area contributed by atoms with Crippen molar-refractivity contribution in [2.45, 2.75) is 20.4 Å². The van der Waals surface area contributed by atoms with Crippen LogP contribution < -0.4 is 4.57 Å². The van der Waals surface area contributed by atoms with Gasteiger partial charge in [-0.3, -0.25) is 4.79 Å². The molecule has 2 aromatic rings. The fourth-order valence-corrected chi connectivity index (χ4v) is 1.79. The Bertz CT molecular complexity index is 537. The molecule has 0 spiro atoms. The molecule has 18 heavy (non-hydrogen) atoms. The second-order valence-electron chi connectivity index (χ2n) is 4.19. The molecule has 1 heterocycles. The lowest BCUT2D eigenvalue weighted by molar-refractivity contribution is -0.689. The predicted octanol–water partition coefficient (Wildman–Crippen LogP) is 3.05. The lowest BCUT2D eigenvalue weighted by Crippen LogP contribution is -2.41. The summed E-state index contributed by atoms with van der Waals surface area (Å²) in [6, 6.07) is 13.4. The van der Waals surface area contributed by atoms with Crippen molar-refractivity contribution >= 4 is 22.8 Å². The molecule has 0 radical (unpaired) electrons. The number of ketones is 1. The maximum Gasteiger partial charge on any atom is 0.227 e. The topological polar surface area (TPSA) is 20.9 Å². The van der Waals surface area contributed by atoms with Crippen molar-refractivity contribution < 1.29 is 9.36 Å².